The zero-order valence-electron chi connectivity index (χ0n) is 21.7. The second-order valence-electron chi connectivity index (χ2n) is 9.05. The van der Waals surface area contributed by atoms with Crippen molar-refractivity contribution in [1.82, 2.24) is 5.32 Å². The number of nitrogens with one attached hydrogen (secondary N) is 1. The fourth-order valence-corrected chi connectivity index (χ4v) is 3.31. The van der Waals surface area contributed by atoms with E-state index in [9.17, 15) is 19.5 Å². The quantitative estimate of drug-likeness (QED) is 0.324. The summed E-state index contributed by atoms with van der Waals surface area (Å²) in [6.45, 7) is 4.94. The van der Waals surface area contributed by atoms with E-state index in [4.69, 9.17) is 18.9 Å². The van der Waals surface area contributed by atoms with Gasteiger partial charge in [0.2, 0.25) is 0 Å². The highest BCUT2D eigenvalue weighted by atomic mass is 16.5. The van der Waals surface area contributed by atoms with Gasteiger partial charge in [0.05, 0.1) is 18.7 Å². The molecule has 200 valence electrons. The number of carboxylic acids is 1. The highest BCUT2D eigenvalue weighted by molar-refractivity contribution is 6.11. The number of alkyl carbamates (subject to hydrolysis) is 1. The van der Waals surface area contributed by atoms with E-state index >= 15 is 0 Å². The van der Waals surface area contributed by atoms with Gasteiger partial charge >= 0.3 is 12.1 Å². The van der Waals surface area contributed by atoms with Crippen molar-refractivity contribution < 1.29 is 38.4 Å². The molecule has 0 saturated carbocycles. The summed E-state index contributed by atoms with van der Waals surface area (Å²) in [4.78, 5) is 36.8. The molecule has 1 atom stereocenters. The second-order valence-corrected chi connectivity index (χ2v) is 9.05. The lowest BCUT2D eigenvalue weighted by Crippen LogP contribution is -2.38. The van der Waals surface area contributed by atoms with E-state index in [0.717, 1.165) is 5.56 Å². The zero-order valence-corrected chi connectivity index (χ0v) is 21.7. The smallest absolute Gasteiger partial charge is 0.407 e. The van der Waals surface area contributed by atoms with Crippen molar-refractivity contribution in [2.24, 2.45) is 0 Å². The fourth-order valence-electron chi connectivity index (χ4n) is 3.31. The maximum Gasteiger partial charge on any atom is 0.407 e. The summed E-state index contributed by atoms with van der Waals surface area (Å²) in [6, 6.07) is 20.1. The van der Waals surface area contributed by atoms with Crippen LogP contribution in [0.5, 0.6) is 17.2 Å². The lowest BCUT2D eigenvalue weighted by molar-refractivity contribution is -0.152. The van der Waals surface area contributed by atoms with Gasteiger partial charge < -0.3 is 29.4 Å². The van der Waals surface area contributed by atoms with Gasteiger partial charge in [-0.3, -0.25) is 4.79 Å². The number of carboxylic acid groups (broad SMARTS) is 1. The van der Waals surface area contributed by atoms with Gasteiger partial charge in [0.15, 0.2) is 11.4 Å². The fraction of sp³-hybridized carbons (Fsp3) is 0.276. The molecule has 0 fully saturated rings. The Kier molecular flexibility index (Phi) is 9.32. The van der Waals surface area contributed by atoms with E-state index in [0.29, 0.717) is 17.1 Å². The molecule has 0 heterocycles. The van der Waals surface area contributed by atoms with E-state index in [-0.39, 0.29) is 36.4 Å². The number of carbonyl (C=O) groups is 3. The Hall–Kier alpha value is -4.53. The number of ether oxygens (including phenoxy) is 4. The topological polar surface area (TPSA) is 120 Å². The van der Waals surface area contributed by atoms with Crippen LogP contribution in [0.15, 0.2) is 72.8 Å². The molecule has 0 aliphatic heterocycles. The molecule has 38 heavy (non-hydrogen) atoms. The first-order valence-corrected chi connectivity index (χ1v) is 11.9. The highest BCUT2D eigenvalue weighted by Crippen LogP contribution is 2.30. The molecule has 3 aromatic carbocycles. The minimum Gasteiger partial charge on any atom is -0.497 e. The SMILES string of the molecule is COc1ccc(C(=O)c2ccc(OC[C@H](C)NC(=O)OCc3ccccc3)cc2)c(OC(C)(C)C(=O)O)c1. The molecular formula is C29H31NO8. The Morgan fingerprint density at radius 1 is 0.947 bits per heavy atom. The van der Waals surface area contributed by atoms with Crippen LogP contribution in [0.2, 0.25) is 0 Å². The van der Waals surface area contributed by atoms with Gasteiger partial charge in [-0.25, -0.2) is 9.59 Å². The Labute approximate surface area is 221 Å². The zero-order chi connectivity index (χ0) is 27.7. The van der Waals surface area contributed by atoms with Crippen LogP contribution in [0.1, 0.15) is 42.3 Å². The lowest BCUT2D eigenvalue weighted by Gasteiger charge is -2.23. The van der Waals surface area contributed by atoms with Gasteiger partial charge in [-0.15, -0.1) is 0 Å². The van der Waals surface area contributed by atoms with Crippen molar-refractivity contribution in [3.8, 4) is 17.2 Å². The van der Waals surface area contributed by atoms with Crippen LogP contribution in [0, 0.1) is 0 Å². The molecule has 3 rings (SSSR count). The van der Waals surface area contributed by atoms with Crippen LogP contribution in [0.3, 0.4) is 0 Å². The minimum atomic E-state index is -1.56. The summed E-state index contributed by atoms with van der Waals surface area (Å²) in [6.07, 6.45) is -0.547. The number of amides is 1. The van der Waals surface area contributed by atoms with Crippen LogP contribution in [-0.4, -0.2) is 48.3 Å². The lowest BCUT2D eigenvalue weighted by atomic mass is 10.0. The molecule has 0 saturated heterocycles. The highest BCUT2D eigenvalue weighted by Gasteiger charge is 2.31. The van der Waals surface area contributed by atoms with Gasteiger partial charge in [-0.05, 0) is 62.7 Å². The van der Waals surface area contributed by atoms with E-state index in [1.807, 2.05) is 30.3 Å². The van der Waals surface area contributed by atoms with Crippen LogP contribution in [0.25, 0.3) is 0 Å². The third kappa shape index (κ3) is 7.73. The first kappa shape index (κ1) is 28.0. The summed E-state index contributed by atoms with van der Waals surface area (Å²) < 4.78 is 21.8. The maximum atomic E-state index is 13.2. The molecule has 3 aromatic rings. The molecular weight excluding hydrogens is 490 g/mol. The third-order valence-corrected chi connectivity index (χ3v) is 5.51. The Bertz CT molecular complexity index is 1260. The first-order valence-electron chi connectivity index (χ1n) is 11.9. The van der Waals surface area contributed by atoms with Crippen LogP contribution in [0.4, 0.5) is 4.79 Å². The average molecular weight is 522 g/mol. The summed E-state index contributed by atoms with van der Waals surface area (Å²) in [5, 5.41) is 12.1. The number of methoxy groups -OCH3 is 1. The molecule has 2 N–H and O–H groups in total. The van der Waals surface area contributed by atoms with Gasteiger partial charge in [-0.2, -0.15) is 0 Å². The number of rotatable bonds is 12. The molecule has 0 radical (unpaired) electrons. The summed E-state index contributed by atoms with van der Waals surface area (Å²) in [7, 11) is 1.46. The Morgan fingerprint density at radius 2 is 1.61 bits per heavy atom. The molecule has 0 aromatic heterocycles. The normalized spacial score (nSPS) is 11.7. The van der Waals surface area contributed by atoms with Crippen molar-refractivity contribution in [3.05, 3.63) is 89.5 Å². The molecule has 0 aliphatic rings. The summed E-state index contributed by atoms with van der Waals surface area (Å²) >= 11 is 0. The molecule has 0 unspecified atom stereocenters. The van der Waals surface area contributed by atoms with E-state index in [1.165, 1.54) is 33.1 Å². The minimum absolute atomic E-state index is 0.0983. The van der Waals surface area contributed by atoms with Crippen LogP contribution < -0.4 is 19.5 Å². The number of hydrogen-bond acceptors (Lipinski definition) is 7. The van der Waals surface area contributed by atoms with Gasteiger partial charge in [0.1, 0.15) is 30.5 Å². The molecule has 0 aliphatic carbocycles. The maximum absolute atomic E-state index is 13.2. The van der Waals surface area contributed by atoms with Crippen molar-refractivity contribution >= 4 is 17.8 Å². The largest absolute Gasteiger partial charge is 0.497 e. The van der Waals surface area contributed by atoms with Gasteiger partial charge in [-0.1, -0.05) is 30.3 Å². The van der Waals surface area contributed by atoms with Crippen molar-refractivity contribution in [2.45, 2.75) is 39.0 Å². The number of ketones is 1. The summed E-state index contributed by atoms with van der Waals surface area (Å²) in [5.41, 5.74) is -0.116. The van der Waals surface area contributed by atoms with E-state index in [1.54, 1.807) is 37.3 Å². The standard InChI is InChI=1S/C29H31NO8/c1-19(30-28(34)37-18-20-8-6-5-7-9-20)17-36-22-12-10-21(11-13-22)26(31)24-15-14-23(35-4)16-25(24)38-29(2,3)27(32)33/h5-16,19H,17-18H2,1-4H3,(H,30,34)(H,32,33)/t19-/m0/s1. The molecule has 9 heteroatoms. The predicted molar refractivity (Wildman–Crippen MR) is 140 cm³/mol. The first-order chi connectivity index (χ1) is 18.1. The average Bonchev–Trinajstić information content (AvgIpc) is 2.91. The second kappa shape index (κ2) is 12.6. The van der Waals surface area contributed by atoms with Crippen molar-refractivity contribution in [2.75, 3.05) is 13.7 Å². The van der Waals surface area contributed by atoms with Crippen molar-refractivity contribution in [3.63, 3.8) is 0 Å². The van der Waals surface area contributed by atoms with Crippen LogP contribution in [-0.2, 0) is 16.1 Å². The van der Waals surface area contributed by atoms with E-state index in [2.05, 4.69) is 5.32 Å². The molecule has 0 spiro atoms. The Morgan fingerprint density at radius 3 is 2.24 bits per heavy atom. The van der Waals surface area contributed by atoms with Gasteiger partial charge in [0, 0.05) is 11.6 Å². The molecule has 0 bridgehead atoms. The summed E-state index contributed by atoms with van der Waals surface area (Å²) in [5.74, 6) is -0.500. The van der Waals surface area contributed by atoms with Crippen molar-refractivity contribution in [1.29, 1.82) is 0 Å². The molecule has 9 nitrogen and oxygen atoms in total. The third-order valence-electron chi connectivity index (χ3n) is 5.51. The number of carbonyl (C=O) groups excluding carboxylic acids is 2. The van der Waals surface area contributed by atoms with E-state index < -0.39 is 17.7 Å². The Balaban J connectivity index is 1.59. The monoisotopic (exact) mass is 521 g/mol. The van der Waals surface area contributed by atoms with Crippen LogP contribution >= 0.6 is 0 Å². The number of aliphatic carboxylic acids is 1. The predicted octanol–water partition coefficient (Wildman–Crippen LogP) is 4.86. The van der Waals surface area contributed by atoms with Gasteiger partial charge in [0.25, 0.3) is 0 Å². The number of benzene rings is 3. The number of hydrogen-bond donors (Lipinski definition) is 2. The molecule has 1 amide bonds.